The van der Waals surface area contributed by atoms with Gasteiger partial charge in [-0.1, -0.05) is 63.2 Å². The molecule has 0 unspecified atom stereocenters. The average Bonchev–Trinajstić information content (AvgIpc) is 2.51. The van der Waals surface area contributed by atoms with Crippen LogP contribution in [-0.4, -0.2) is 5.54 Å². The first-order valence-corrected chi connectivity index (χ1v) is 9.17. The first-order chi connectivity index (χ1) is 11.7. The van der Waals surface area contributed by atoms with Crippen molar-refractivity contribution in [3.8, 4) is 5.75 Å². The van der Waals surface area contributed by atoms with Gasteiger partial charge in [0.1, 0.15) is 12.4 Å². The summed E-state index contributed by atoms with van der Waals surface area (Å²) in [5.74, 6) is 0.963. The molecule has 2 nitrogen and oxygen atoms in total. The van der Waals surface area contributed by atoms with Crippen molar-refractivity contribution in [2.24, 2.45) is 5.41 Å². The maximum Gasteiger partial charge on any atom is 0.124 e. The van der Waals surface area contributed by atoms with E-state index in [-0.39, 0.29) is 5.54 Å². The fourth-order valence-corrected chi connectivity index (χ4v) is 3.44. The van der Waals surface area contributed by atoms with Crippen LogP contribution in [0.1, 0.15) is 57.7 Å². The molecule has 0 aliphatic rings. The van der Waals surface area contributed by atoms with E-state index >= 15 is 0 Å². The maximum absolute atomic E-state index is 6.13. The minimum absolute atomic E-state index is 0.0847. The highest BCUT2D eigenvalue weighted by Crippen LogP contribution is 2.28. The largest absolute Gasteiger partial charge is 0.489 e. The van der Waals surface area contributed by atoms with Gasteiger partial charge in [-0.2, -0.15) is 0 Å². The van der Waals surface area contributed by atoms with E-state index in [4.69, 9.17) is 4.74 Å². The molecule has 0 aliphatic heterocycles. The van der Waals surface area contributed by atoms with Crippen molar-refractivity contribution in [2.75, 3.05) is 0 Å². The third-order valence-corrected chi connectivity index (χ3v) is 4.35. The Morgan fingerprint density at radius 2 is 1.44 bits per heavy atom. The van der Waals surface area contributed by atoms with Crippen LogP contribution in [-0.2, 0) is 13.2 Å². The van der Waals surface area contributed by atoms with Gasteiger partial charge in [0.15, 0.2) is 0 Å². The van der Waals surface area contributed by atoms with E-state index in [9.17, 15) is 0 Å². The Labute approximate surface area is 153 Å². The molecule has 2 aromatic rings. The molecular formula is C23H33NO. The number of nitrogens with one attached hydrogen (secondary N) is 1. The van der Waals surface area contributed by atoms with Crippen molar-refractivity contribution < 1.29 is 4.74 Å². The van der Waals surface area contributed by atoms with Gasteiger partial charge < -0.3 is 10.1 Å². The first kappa shape index (κ1) is 19.5. The second-order valence-corrected chi connectivity index (χ2v) is 8.80. The lowest BCUT2D eigenvalue weighted by Gasteiger charge is -2.33. The number of aryl methyl sites for hydroxylation is 1. The summed E-state index contributed by atoms with van der Waals surface area (Å²) in [4.78, 5) is 0. The lowest BCUT2D eigenvalue weighted by atomic mass is 9.82. The summed E-state index contributed by atoms with van der Waals surface area (Å²) in [6.07, 6.45) is 1.12. The zero-order chi connectivity index (χ0) is 18.5. The van der Waals surface area contributed by atoms with Crippen LogP contribution in [0.2, 0.25) is 0 Å². The van der Waals surface area contributed by atoms with Crippen LogP contribution in [0.25, 0.3) is 0 Å². The van der Waals surface area contributed by atoms with E-state index < -0.39 is 0 Å². The standard InChI is InChI=1S/C23H33NO/c1-18-11-7-8-13-20(18)16-25-21-14-10-9-12-19(21)15-24-23(5,6)17-22(2,3)4/h7-14,24H,15-17H2,1-6H3. The number of hydrogen-bond acceptors (Lipinski definition) is 2. The fourth-order valence-electron chi connectivity index (χ4n) is 3.44. The van der Waals surface area contributed by atoms with Crippen molar-refractivity contribution in [2.45, 2.75) is 66.7 Å². The Bertz CT molecular complexity index is 682. The molecule has 0 saturated heterocycles. The van der Waals surface area contributed by atoms with Crippen LogP contribution in [0.5, 0.6) is 5.75 Å². The molecule has 0 spiro atoms. The van der Waals surface area contributed by atoms with Crippen LogP contribution < -0.4 is 10.1 Å². The third kappa shape index (κ3) is 6.55. The molecule has 0 amide bonds. The molecule has 0 fully saturated rings. The second-order valence-electron chi connectivity index (χ2n) is 8.80. The number of hydrogen-bond donors (Lipinski definition) is 1. The van der Waals surface area contributed by atoms with E-state index in [0.717, 1.165) is 18.7 Å². The molecule has 2 heteroatoms. The number of ether oxygens (including phenoxy) is 1. The molecular weight excluding hydrogens is 306 g/mol. The van der Waals surface area contributed by atoms with Gasteiger partial charge in [0, 0.05) is 17.6 Å². The zero-order valence-corrected chi connectivity index (χ0v) is 16.6. The molecule has 0 heterocycles. The van der Waals surface area contributed by atoms with Gasteiger partial charge in [-0.3, -0.25) is 0 Å². The summed E-state index contributed by atoms with van der Waals surface area (Å²) in [6, 6.07) is 16.7. The fraction of sp³-hybridized carbons (Fsp3) is 0.478. The van der Waals surface area contributed by atoms with Crippen LogP contribution in [0.3, 0.4) is 0 Å². The van der Waals surface area contributed by atoms with Crippen molar-refractivity contribution in [3.63, 3.8) is 0 Å². The quantitative estimate of drug-likeness (QED) is 0.680. The van der Waals surface area contributed by atoms with Crippen molar-refractivity contribution in [3.05, 3.63) is 65.2 Å². The van der Waals surface area contributed by atoms with Crippen molar-refractivity contribution in [1.82, 2.24) is 5.32 Å². The van der Waals surface area contributed by atoms with Gasteiger partial charge >= 0.3 is 0 Å². The Morgan fingerprint density at radius 1 is 0.840 bits per heavy atom. The number of rotatable bonds is 7. The van der Waals surface area contributed by atoms with E-state index in [2.05, 4.69) is 89.3 Å². The molecule has 136 valence electrons. The minimum Gasteiger partial charge on any atom is -0.489 e. The molecule has 0 bridgehead atoms. The SMILES string of the molecule is Cc1ccccc1COc1ccccc1CNC(C)(C)CC(C)(C)C. The Balaban J connectivity index is 2.02. The molecule has 1 N–H and O–H groups in total. The summed E-state index contributed by atoms with van der Waals surface area (Å²) >= 11 is 0. The maximum atomic E-state index is 6.13. The lowest BCUT2D eigenvalue weighted by Crippen LogP contribution is -2.41. The highest BCUT2D eigenvalue weighted by atomic mass is 16.5. The van der Waals surface area contributed by atoms with Crippen LogP contribution in [0.15, 0.2) is 48.5 Å². The summed E-state index contributed by atoms with van der Waals surface area (Å²) in [6.45, 7) is 15.0. The topological polar surface area (TPSA) is 21.3 Å². The Morgan fingerprint density at radius 3 is 2.08 bits per heavy atom. The van der Waals surface area contributed by atoms with E-state index in [0.29, 0.717) is 12.0 Å². The van der Waals surface area contributed by atoms with Crippen LogP contribution >= 0.6 is 0 Å². The molecule has 0 saturated carbocycles. The lowest BCUT2D eigenvalue weighted by molar-refractivity contribution is 0.238. The highest BCUT2D eigenvalue weighted by Gasteiger charge is 2.25. The Kier molecular flexibility index (Phi) is 6.29. The normalized spacial score (nSPS) is 12.2. The Hall–Kier alpha value is -1.80. The van der Waals surface area contributed by atoms with Gasteiger partial charge in [0.2, 0.25) is 0 Å². The second kappa shape index (κ2) is 8.05. The molecule has 0 radical (unpaired) electrons. The zero-order valence-electron chi connectivity index (χ0n) is 16.6. The molecule has 2 rings (SSSR count). The summed E-state index contributed by atoms with van der Waals surface area (Å²) in [5.41, 5.74) is 4.10. The van der Waals surface area contributed by atoms with E-state index in [1.54, 1.807) is 0 Å². The predicted molar refractivity (Wildman–Crippen MR) is 107 cm³/mol. The average molecular weight is 340 g/mol. The smallest absolute Gasteiger partial charge is 0.124 e. The monoisotopic (exact) mass is 339 g/mol. The minimum atomic E-state index is 0.0847. The number of para-hydroxylation sites is 1. The van der Waals surface area contributed by atoms with Crippen LogP contribution in [0, 0.1) is 12.3 Å². The predicted octanol–water partition coefficient (Wildman–Crippen LogP) is 5.88. The van der Waals surface area contributed by atoms with Crippen molar-refractivity contribution >= 4 is 0 Å². The summed E-state index contributed by atoms with van der Waals surface area (Å²) in [5, 5.41) is 3.70. The number of benzene rings is 2. The molecule has 0 aliphatic carbocycles. The highest BCUT2D eigenvalue weighted by molar-refractivity contribution is 5.34. The summed E-state index contributed by atoms with van der Waals surface area (Å²) < 4.78 is 6.13. The van der Waals surface area contributed by atoms with Crippen LogP contribution in [0.4, 0.5) is 0 Å². The van der Waals surface area contributed by atoms with Gasteiger partial charge in [-0.25, -0.2) is 0 Å². The van der Waals surface area contributed by atoms with Gasteiger partial charge in [0.05, 0.1) is 0 Å². The summed E-state index contributed by atoms with van der Waals surface area (Å²) in [7, 11) is 0. The molecule has 0 aromatic heterocycles. The molecule has 0 atom stereocenters. The van der Waals surface area contributed by atoms with Gasteiger partial charge in [-0.05, 0) is 49.8 Å². The first-order valence-electron chi connectivity index (χ1n) is 9.17. The molecule has 2 aromatic carbocycles. The molecule has 25 heavy (non-hydrogen) atoms. The van der Waals surface area contributed by atoms with Gasteiger partial charge in [-0.15, -0.1) is 0 Å². The third-order valence-electron chi connectivity index (χ3n) is 4.35. The van der Waals surface area contributed by atoms with E-state index in [1.807, 2.05) is 6.07 Å². The van der Waals surface area contributed by atoms with Crippen molar-refractivity contribution in [1.29, 1.82) is 0 Å². The van der Waals surface area contributed by atoms with E-state index in [1.165, 1.54) is 16.7 Å². The van der Waals surface area contributed by atoms with Gasteiger partial charge in [0.25, 0.3) is 0 Å².